The first-order valence-electron chi connectivity index (χ1n) is 10.8. The van der Waals surface area contributed by atoms with Crippen LogP contribution < -0.4 is 5.32 Å². The monoisotopic (exact) mass is 423 g/mol. The molecule has 1 N–H and O–H groups in total. The molecule has 1 fully saturated rings. The maximum atomic E-state index is 12.8. The van der Waals surface area contributed by atoms with E-state index in [1.165, 1.54) is 28.8 Å². The molecule has 0 radical (unpaired) electrons. The van der Waals surface area contributed by atoms with Crippen molar-refractivity contribution in [3.8, 4) is 6.07 Å². The Balaban J connectivity index is 1.33. The topological polar surface area (TPSA) is 72.3 Å². The van der Waals surface area contributed by atoms with Gasteiger partial charge >= 0.3 is 0 Å². The molecule has 1 amide bonds. The maximum absolute atomic E-state index is 12.8. The van der Waals surface area contributed by atoms with Gasteiger partial charge in [-0.05, 0) is 49.8 Å². The summed E-state index contributed by atoms with van der Waals surface area (Å²) in [6.07, 6.45) is 9.23. The maximum Gasteiger partial charge on any atom is 0.239 e. The van der Waals surface area contributed by atoms with Crippen LogP contribution in [0.4, 0.5) is 5.00 Å². The SMILES string of the molecule is CC1CN(Cc2cccnc2)CCN1CC(=O)Nc1sc2c(c1C#N)CCCCC2. The number of nitriles is 1. The number of fused-ring (bicyclic) bond motifs is 1. The molecule has 0 saturated carbocycles. The Labute approximate surface area is 182 Å². The minimum Gasteiger partial charge on any atom is -0.315 e. The average molecular weight is 424 g/mol. The molecule has 1 atom stereocenters. The first-order chi connectivity index (χ1) is 14.6. The van der Waals surface area contributed by atoms with Crippen LogP contribution in [0.3, 0.4) is 0 Å². The van der Waals surface area contributed by atoms with Gasteiger partial charge < -0.3 is 5.32 Å². The second-order valence-corrected chi connectivity index (χ2v) is 9.45. The van der Waals surface area contributed by atoms with Crippen LogP contribution in [-0.4, -0.2) is 52.9 Å². The van der Waals surface area contributed by atoms with Gasteiger partial charge in [-0.15, -0.1) is 11.3 Å². The molecule has 7 heteroatoms. The number of aryl methyl sites for hydroxylation is 1. The summed E-state index contributed by atoms with van der Waals surface area (Å²) in [6, 6.07) is 6.73. The van der Waals surface area contributed by atoms with E-state index in [2.05, 4.69) is 39.2 Å². The van der Waals surface area contributed by atoms with Gasteiger partial charge in [-0.1, -0.05) is 12.5 Å². The number of nitrogens with one attached hydrogen (secondary N) is 1. The highest BCUT2D eigenvalue weighted by Gasteiger charge is 2.26. The lowest BCUT2D eigenvalue weighted by Crippen LogP contribution is -2.53. The quantitative estimate of drug-likeness (QED) is 0.746. The van der Waals surface area contributed by atoms with E-state index in [0.29, 0.717) is 18.2 Å². The summed E-state index contributed by atoms with van der Waals surface area (Å²) in [5.74, 6) is -0.0181. The zero-order valence-corrected chi connectivity index (χ0v) is 18.4. The molecular weight excluding hydrogens is 394 g/mol. The lowest BCUT2D eigenvalue weighted by atomic mass is 10.1. The Hall–Kier alpha value is -2.27. The van der Waals surface area contributed by atoms with E-state index in [0.717, 1.165) is 50.4 Å². The predicted octanol–water partition coefficient (Wildman–Crippen LogP) is 3.43. The molecule has 1 aliphatic carbocycles. The van der Waals surface area contributed by atoms with Crippen molar-refractivity contribution in [3.05, 3.63) is 46.1 Å². The third kappa shape index (κ3) is 4.89. The zero-order chi connectivity index (χ0) is 20.9. The summed E-state index contributed by atoms with van der Waals surface area (Å²) in [5.41, 5.74) is 3.09. The minimum absolute atomic E-state index is 0.0181. The highest BCUT2D eigenvalue weighted by Crippen LogP contribution is 2.37. The van der Waals surface area contributed by atoms with Crippen LogP contribution in [0.5, 0.6) is 0 Å². The lowest BCUT2D eigenvalue weighted by Gasteiger charge is -2.39. The summed E-state index contributed by atoms with van der Waals surface area (Å²) >= 11 is 1.61. The Morgan fingerprint density at radius 2 is 2.20 bits per heavy atom. The number of piperazine rings is 1. The summed E-state index contributed by atoms with van der Waals surface area (Å²) in [6.45, 7) is 6.17. The number of hydrogen-bond donors (Lipinski definition) is 1. The zero-order valence-electron chi connectivity index (χ0n) is 17.6. The van der Waals surface area contributed by atoms with E-state index in [4.69, 9.17) is 0 Å². The number of carbonyl (C=O) groups excluding carboxylic acids is 1. The number of amides is 1. The Morgan fingerprint density at radius 1 is 1.33 bits per heavy atom. The van der Waals surface area contributed by atoms with E-state index < -0.39 is 0 Å². The van der Waals surface area contributed by atoms with Crippen molar-refractivity contribution in [1.29, 1.82) is 5.26 Å². The van der Waals surface area contributed by atoms with Crippen LogP contribution >= 0.6 is 11.3 Å². The predicted molar refractivity (Wildman–Crippen MR) is 119 cm³/mol. The van der Waals surface area contributed by atoms with Crippen molar-refractivity contribution in [2.45, 2.75) is 51.6 Å². The van der Waals surface area contributed by atoms with Crippen molar-refractivity contribution in [2.75, 3.05) is 31.5 Å². The number of nitrogens with zero attached hydrogens (tertiary/aromatic N) is 4. The number of rotatable bonds is 5. The summed E-state index contributed by atoms with van der Waals surface area (Å²) in [7, 11) is 0. The molecule has 4 rings (SSSR count). The van der Waals surface area contributed by atoms with Gasteiger partial charge in [0.1, 0.15) is 11.1 Å². The van der Waals surface area contributed by atoms with Crippen LogP contribution in [-0.2, 0) is 24.2 Å². The third-order valence-electron chi connectivity index (χ3n) is 6.11. The van der Waals surface area contributed by atoms with E-state index in [1.54, 1.807) is 17.5 Å². The average Bonchev–Trinajstić information content (AvgIpc) is 2.90. The molecule has 1 unspecified atom stereocenters. The number of anilines is 1. The number of carbonyl (C=O) groups is 1. The molecule has 30 heavy (non-hydrogen) atoms. The van der Waals surface area contributed by atoms with Gasteiger partial charge in [-0.25, -0.2) is 0 Å². The van der Waals surface area contributed by atoms with E-state index in [9.17, 15) is 10.1 Å². The van der Waals surface area contributed by atoms with Gasteiger partial charge in [0.15, 0.2) is 0 Å². The fraction of sp³-hybridized carbons (Fsp3) is 0.522. The van der Waals surface area contributed by atoms with Crippen LogP contribution in [0.25, 0.3) is 0 Å². The molecule has 158 valence electrons. The number of pyridine rings is 1. The molecule has 0 aromatic carbocycles. The smallest absolute Gasteiger partial charge is 0.239 e. The standard InChI is InChI=1S/C23H29N5OS/c1-17-14-27(15-18-6-5-9-25-13-18)10-11-28(17)16-22(29)26-23-20(12-24)19-7-3-2-4-8-21(19)30-23/h5-6,9,13,17H,2-4,7-8,10-11,14-16H2,1H3,(H,26,29). The Morgan fingerprint density at radius 3 is 2.97 bits per heavy atom. The van der Waals surface area contributed by atoms with Gasteiger partial charge in [-0.2, -0.15) is 5.26 Å². The van der Waals surface area contributed by atoms with E-state index in [1.807, 2.05) is 12.3 Å². The van der Waals surface area contributed by atoms with E-state index >= 15 is 0 Å². The number of thiophene rings is 1. The van der Waals surface area contributed by atoms with Crippen molar-refractivity contribution < 1.29 is 4.79 Å². The molecular formula is C23H29N5OS. The molecule has 2 aromatic heterocycles. The largest absolute Gasteiger partial charge is 0.315 e. The van der Waals surface area contributed by atoms with Crippen LogP contribution in [0.2, 0.25) is 0 Å². The fourth-order valence-corrected chi connectivity index (χ4v) is 5.75. The Kier molecular flexibility index (Phi) is 6.78. The normalized spacial score (nSPS) is 20.2. The molecule has 1 aliphatic heterocycles. The summed E-state index contributed by atoms with van der Waals surface area (Å²) in [4.78, 5) is 22.9. The highest BCUT2D eigenvalue weighted by atomic mass is 32.1. The van der Waals surface area contributed by atoms with Crippen LogP contribution in [0, 0.1) is 11.3 Å². The van der Waals surface area contributed by atoms with Gasteiger partial charge in [0.05, 0.1) is 12.1 Å². The lowest BCUT2D eigenvalue weighted by molar-refractivity contribution is -0.118. The van der Waals surface area contributed by atoms with Crippen molar-refractivity contribution in [2.24, 2.45) is 0 Å². The van der Waals surface area contributed by atoms with Gasteiger partial charge in [0.2, 0.25) is 5.91 Å². The van der Waals surface area contributed by atoms with Crippen molar-refractivity contribution >= 4 is 22.2 Å². The van der Waals surface area contributed by atoms with Gasteiger partial charge in [-0.3, -0.25) is 19.6 Å². The molecule has 1 saturated heterocycles. The van der Waals surface area contributed by atoms with Crippen LogP contribution in [0.15, 0.2) is 24.5 Å². The highest BCUT2D eigenvalue weighted by molar-refractivity contribution is 7.16. The van der Waals surface area contributed by atoms with Crippen molar-refractivity contribution in [3.63, 3.8) is 0 Å². The first kappa shape index (κ1) is 21.0. The van der Waals surface area contributed by atoms with Crippen molar-refractivity contribution in [1.82, 2.24) is 14.8 Å². The van der Waals surface area contributed by atoms with Gasteiger partial charge in [0.25, 0.3) is 0 Å². The number of hydrogen-bond acceptors (Lipinski definition) is 6. The summed E-state index contributed by atoms with van der Waals surface area (Å²) < 4.78 is 0. The molecule has 0 spiro atoms. The third-order valence-corrected chi connectivity index (χ3v) is 7.32. The molecule has 0 bridgehead atoms. The summed E-state index contributed by atoms with van der Waals surface area (Å²) in [5, 5.41) is 13.5. The van der Waals surface area contributed by atoms with E-state index in [-0.39, 0.29) is 5.91 Å². The van der Waals surface area contributed by atoms with Crippen LogP contribution in [0.1, 0.15) is 47.8 Å². The Bertz CT molecular complexity index is 920. The molecule has 2 aromatic rings. The second-order valence-electron chi connectivity index (χ2n) is 8.34. The molecule has 6 nitrogen and oxygen atoms in total. The minimum atomic E-state index is -0.0181. The first-order valence-corrected chi connectivity index (χ1v) is 11.7. The number of aromatic nitrogens is 1. The fourth-order valence-electron chi connectivity index (χ4n) is 4.50. The van der Waals surface area contributed by atoms with Gasteiger partial charge in [0, 0.05) is 49.5 Å². The molecule has 2 aliphatic rings. The second kappa shape index (κ2) is 9.69. The molecule has 3 heterocycles.